The smallest absolute Gasteiger partial charge is 1.00 e. The van der Waals surface area contributed by atoms with Crippen molar-refractivity contribution in [1.29, 1.82) is 0 Å². The van der Waals surface area contributed by atoms with Gasteiger partial charge in [-0.15, -0.1) is 0 Å². The Kier molecular flexibility index (Phi) is 42.1. The Hall–Kier alpha value is -11.0. The van der Waals surface area contributed by atoms with Gasteiger partial charge < -0.3 is 88.5 Å². The second kappa shape index (κ2) is 52.4. The number of quaternary nitrogens is 4. The summed E-state index contributed by atoms with van der Waals surface area (Å²) in [6.07, 6.45) is 0.282. The van der Waals surface area contributed by atoms with Gasteiger partial charge in [-0.25, -0.2) is 14.4 Å². The van der Waals surface area contributed by atoms with Gasteiger partial charge >= 0.3 is 121 Å². The van der Waals surface area contributed by atoms with Crippen molar-refractivity contribution in [2.75, 3.05) is 49.1 Å². The standard InChI is InChI=1S/C46H46N6O3.2C21H24N4.C8H10N2O.CH2O3.2K.H/c1-32-4-18-39(19-5-32)47-44(53)28-35-10-12-36(13-11-35)29-52(30-37-14-24-42(25-15-37)50-45(54)48-40-20-6-33(2)7-21-40)31-38-16-26-43(27-17-38)51-46(55)49-41-22-8-34(3)9-23-41;2*22-19-7-1-16(2-8-19)13-25(14-17-3-9-20(23)10-4-17)15-18-5-11-21(24)12-6-18;1-6-2-4-7(5-3-6)10-8(9)11;2-1-4-3;;;/h4-27H,28-31H2,1-3H3,(H,47,53)(H2,48,50,54)(H2,49,51,55);2*1-12H,13-15,22-24H2;2-5H,1H3,(H3,9,10,11);1,3H;;;/q;;;;;2*+1;-1/p+3. The Bertz CT molecular complexity index is 4690. The minimum Gasteiger partial charge on any atom is -1.00 e. The normalized spacial score (nSPS) is 10.4. The fraction of sp³-hybridized carbons (Fsp3) is 0.144. The van der Waals surface area contributed by atoms with Crippen molar-refractivity contribution in [2.45, 2.75) is 93.0 Å². The second-order valence-corrected chi connectivity index (χ2v) is 29.5. The number of nitrogens with zero attached hydrogens (tertiary/aromatic N) is 2. The molecular formula is C97H110K2N16O7+4. The summed E-state index contributed by atoms with van der Waals surface area (Å²) < 4.78 is 0. The molecule has 13 aromatic carbocycles. The van der Waals surface area contributed by atoms with Gasteiger partial charge in [0.05, 0.1) is 6.42 Å². The average Bonchev–Trinajstić information content (AvgIpc) is 0.861. The van der Waals surface area contributed by atoms with E-state index in [1.807, 2.05) is 210 Å². The number of primary amides is 1. The Morgan fingerprint density at radius 2 is 0.525 bits per heavy atom. The number of carbonyl (C=O) groups is 5. The molecule has 0 heterocycles. The molecule has 0 radical (unpaired) electrons. The topological polar surface area (TPSA) is 388 Å². The molecule has 13 rings (SSSR count). The molecular weight excluding hydrogens is 1580 g/mol. The first kappa shape index (κ1) is 98.1. The molecule has 0 aliphatic carbocycles. The zero-order chi connectivity index (χ0) is 85.6. The van der Waals surface area contributed by atoms with Gasteiger partial charge in [0.1, 0.15) is 36.7 Å². The van der Waals surface area contributed by atoms with E-state index >= 15 is 0 Å². The molecule has 0 saturated carbocycles. The van der Waals surface area contributed by atoms with Gasteiger partial charge in [0.15, 0.2) is 0 Å². The average molecular weight is 1690 g/mol. The van der Waals surface area contributed by atoms with E-state index in [2.05, 4.69) is 185 Å². The van der Waals surface area contributed by atoms with Crippen molar-refractivity contribution in [1.82, 2.24) is 9.80 Å². The van der Waals surface area contributed by atoms with E-state index in [-0.39, 0.29) is 135 Å². The molecule has 24 N–H and O–H groups in total. The molecule has 23 nitrogen and oxygen atoms in total. The fourth-order valence-corrected chi connectivity index (χ4v) is 12.6. The maximum atomic E-state index is 12.7. The number of hydrogen-bond acceptors (Lipinski definition) is 12. The molecule has 0 aliphatic rings. The molecule has 122 heavy (non-hydrogen) atoms. The van der Waals surface area contributed by atoms with Gasteiger partial charge in [-0.1, -0.05) is 156 Å². The van der Waals surface area contributed by atoms with Crippen molar-refractivity contribution < 1.29 is 160 Å². The Morgan fingerprint density at radius 1 is 0.328 bits per heavy atom. The summed E-state index contributed by atoms with van der Waals surface area (Å²) in [4.78, 5) is 65.8. The molecule has 618 valence electrons. The summed E-state index contributed by atoms with van der Waals surface area (Å²) in [5.74, 6) is -0.0608. The van der Waals surface area contributed by atoms with Crippen LogP contribution in [0, 0.1) is 27.7 Å². The second-order valence-electron chi connectivity index (χ2n) is 29.5. The Labute approximate surface area is 801 Å². The molecule has 7 amide bonds. The number of hydrogen-bond donors (Lipinski definition) is 14. The van der Waals surface area contributed by atoms with Crippen molar-refractivity contribution in [3.63, 3.8) is 0 Å². The first-order valence-corrected chi connectivity index (χ1v) is 39.2. The van der Waals surface area contributed by atoms with Crippen molar-refractivity contribution in [3.05, 3.63) is 393 Å². The number of nitrogens with one attached hydrogen (secondary N) is 7. The van der Waals surface area contributed by atoms with Crippen LogP contribution in [0.5, 0.6) is 0 Å². The number of nitrogen functional groups attached to an aromatic ring is 3. The van der Waals surface area contributed by atoms with Gasteiger partial charge in [-0.3, -0.25) is 19.4 Å². The van der Waals surface area contributed by atoms with Crippen LogP contribution in [0.2, 0.25) is 0 Å². The third-order valence-corrected chi connectivity index (χ3v) is 18.9. The number of benzene rings is 13. The van der Waals surface area contributed by atoms with Gasteiger partial charge in [0.2, 0.25) is 5.91 Å². The van der Waals surface area contributed by atoms with Crippen LogP contribution in [0.3, 0.4) is 0 Å². The van der Waals surface area contributed by atoms with Crippen LogP contribution in [0.4, 0.5) is 82.6 Å². The number of rotatable bonds is 27. The quantitative estimate of drug-likeness (QED) is 0.00764. The van der Waals surface area contributed by atoms with Crippen molar-refractivity contribution in [2.24, 2.45) is 5.73 Å². The predicted molar refractivity (Wildman–Crippen MR) is 481 cm³/mol. The van der Waals surface area contributed by atoms with E-state index in [9.17, 15) is 19.2 Å². The molecule has 0 saturated heterocycles. The summed E-state index contributed by atoms with van der Waals surface area (Å²) >= 11 is 0. The minimum absolute atomic E-state index is 0. The van der Waals surface area contributed by atoms with Crippen LogP contribution in [0.15, 0.2) is 315 Å². The Balaban J connectivity index is 0.000000285. The third-order valence-electron chi connectivity index (χ3n) is 18.9. The zero-order valence-corrected chi connectivity index (χ0v) is 76.6. The van der Waals surface area contributed by atoms with Crippen molar-refractivity contribution in [3.8, 4) is 0 Å². The number of urea groups is 3. The van der Waals surface area contributed by atoms with Crippen LogP contribution in [0.25, 0.3) is 0 Å². The third kappa shape index (κ3) is 37.6. The van der Waals surface area contributed by atoms with E-state index in [4.69, 9.17) is 33.0 Å². The van der Waals surface area contributed by atoms with Gasteiger partial charge in [-0.05, 0) is 249 Å². The van der Waals surface area contributed by atoms with E-state index in [0.29, 0.717) is 31.0 Å². The van der Waals surface area contributed by atoms with Crippen LogP contribution < -0.4 is 185 Å². The molecule has 0 aliphatic heterocycles. The van der Waals surface area contributed by atoms with E-state index in [0.717, 1.165) is 141 Å². The molecule has 0 bridgehead atoms. The van der Waals surface area contributed by atoms with Gasteiger partial charge in [0, 0.05) is 107 Å². The summed E-state index contributed by atoms with van der Waals surface area (Å²) in [6, 6.07) is 103. The number of amides is 7. The number of aryl methyl sites for hydroxylation is 4. The SMILES string of the molecule is Cc1ccc(NC(=O)Cc2ccc(CN(Cc3ccc(NC(=O)Nc4ccc(C)cc4)cc3)Cc3ccc(NC(=O)Nc4ccc(C)cc4)cc3)cc2)cc1.Cc1ccc(NC(N)=O)cc1.Nc1ccc(CN(Cc2ccc(N)cc2)Cc2ccc(N)cc2)cc1.O=CO[O-].[H-].[K+].[K+].[NH3+]c1ccc(C[NH+](Cc2ccc([NH3+])cc2)Cc2ccc([NH3+])cc2)cc1. The summed E-state index contributed by atoms with van der Waals surface area (Å²) in [5.41, 5.74) is 60.6. The monoisotopic (exact) mass is 1690 g/mol. The maximum absolute atomic E-state index is 12.7. The van der Waals surface area contributed by atoms with E-state index in [1.54, 1.807) is 12.1 Å². The largest absolute Gasteiger partial charge is 1.00 e. The van der Waals surface area contributed by atoms with E-state index in [1.165, 1.54) is 38.3 Å². The fourth-order valence-electron chi connectivity index (χ4n) is 12.6. The van der Waals surface area contributed by atoms with Gasteiger partial charge in [-0.2, -0.15) is 0 Å². The maximum Gasteiger partial charge on any atom is 1.00 e. The summed E-state index contributed by atoms with van der Waals surface area (Å²) in [7, 11) is 0. The minimum atomic E-state index is -0.533. The van der Waals surface area contributed by atoms with Crippen LogP contribution in [0.1, 0.15) is 79.3 Å². The van der Waals surface area contributed by atoms with Crippen LogP contribution >= 0.6 is 0 Å². The first-order chi connectivity index (χ1) is 57.9. The number of nitrogens with two attached hydrogens (primary N) is 4. The van der Waals surface area contributed by atoms with Gasteiger partial charge in [0.25, 0.3) is 6.47 Å². The first-order valence-electron chi connectivity index (χ1n) is 39.2. The van der Waals surface area contributed by atoms with Crippen molar-refractivity contribution >= 4 is 98.7 Å². The number of anilines is 9. The summed E-state index contributed by atoms with van der Waals surface area (Å²) in [5, 5.41) is 25.4. The summed E-state index contributed by atoms with van der Waals surface area (Å²) in [6.45, 7) is 15.3. The number of carbonyl (C=O) groups excluding carboxylic acids is 5. The molecule has 0 aromatic heterocycles. The molecule has 0 fully saturated rings. The van der Waals surface area contributed by atoms with Crippen LogP contribution in [-0.2, 0) is 79.8 Å². The molecule has 25 heteroatoms. The molecule has 0 spiro atoms. The zero-order valence-electron chi connectivity index (χ0n) is 71.4. The molecule has 0 unspecified atom stereocenters. The van der Waals surface area contributed by atoms with Crippen LogP contribution in [-0.4, -0.2) is 40.3 Å². The molecule has 13 aromatic rings. The Morgan fingerprint density at radius 3 is 0.762 bits per heavy atom. The van der Waals surface area contributed by atoms with E-state index < -0.39 is 6.03 Å². The molecule has 0 atom stereocenters. The predicted octanol–water partition coefficient (Wildman–Crippen LogP) is 8.05.